The first kappa shape index (κ1) is 10.2. The molecule has 0 aliphatic rings. The molecule has 0 aromatic carbocycles. The highest BCUT2D eigenvalue weighted by Gasteiger charge is 1.88. The van der Waals surface area contributed by atoms with E-state index in [-0.39, 0.29) is 18.5 Å². The average Bonchev–Trinajstić information content (AvgIpc) is 1.65. The van der Waals surface area contributed by atoms with Crippen LogP contribution >= 0.6 is 12.4 Å². The lowest BCUT2D eigenvalue weighted by Crippen LogP contribution is -2.17. The van der Waals surface area contributed by atoms with Crippen molar-refractivity contribution in [1.82, 2.24) is 0 Å². The Kier molecular flexibility index (Phi) is 9.09. The van der Waals surface area contributed by atoms with Crippen LogP contribution in [0.4, 0.5) is 0 Å². The van der Waals surface area contributed by atoms with E-state index < -0.39 is 0 Å². The maximum atomic E-state index is 5.16. The van der Waals surface area contributed by atoms with Crippen LogP contribution < -0.4 is 5.73 Å². The Bertz CT molecular complexity index is 30.9. The van der Waals surface area contributed by atoms with Crippen molar-refractivity contribution in [2.75, 3.05) is 13.7 Å². The van der Waals surface area contributed by atoms with Crippen LogP contribution in [0.25, 0.3) is 0 Å². The Morgan fingerprint density at radius 2 is 2.14 bits per heavy atom. The molecular formula is C4H12ClNO. The number of halogens is 1. The summed E-state index contributed by atoms with van der Waals surface area (Å²) in [5.41, 5.74) is 5.16. The number of rotatable bonds is 2. The van der Waals surface area contributed by atoms with E-state index in [1.807, 2.05) is 6.92 Å². The second kappa shape index (κ2) is 6.21. The van der Waals surface area contributed by atoms with E-state index >= 15 is 0 Å². The van der Waals surface area contributed by atoms with Crippen LogP contribution in [-0.2, 0) is 4.74 Å². The number of nitrogens with two attached hydrogens (primary N) is 1. The second-order valence-corrected chi connectivity index (χ2v) is 1.28. The molecule has 2 nitrogen and oxygen atoms in total. The molecule has 0 aliphatic heterocycles. The largest absolute Gasteiger partial charge is 0.380 e. The molecule has 0 amide bonds. The fourth-order valence-corrected chi connectivity index (χ4v) is 0.0962. The van der Waals surface area contributed by atoms with Crippen LogP contribution in [0, 0.1) is 0 Å². The van der Waals surface area contributed by atoms with E-state index in [9.17, 15) is 0 Å². The number of hydrogen-bond donors (Lipinski definition) is 1. The zero-order valence-electron chi connectivity index (χ0n) is 4.68. The molecule has 1 atom stereocenters. The first-order valence-electron chi connectivity index (χ1n) is 2.04. The molecule has 0 bridgehead atoms. The molecule has 0 saturated heterocycles. The Morgan fingerprint density at radius 1 is 1.71 bits per heavy atom. The first-order chi connectivity index (χ1) is 2.81. The van der Waals surface area contributed by atoms with E-state index in [0.29, 0.717) is 6.54 Å². The van der Waals surface area contributed by atoms with Crippen molar-refractivity contribution in [3.63, 3.8) is 0 Å². The smallest absolute Gasteiger partial charge is 0.0665 e. The van der Waals surface area contributed by atoms with Gasteiger partial charge in [0.25, 0.3) is 0 Å². The van der Waals surface area contributed by atoms with Crippen LogP contribution in [-0.4, -0.2) is 19.8 Å². The predicted octanol–water partition coefficient (Wildman–Crippen LogP) is 0.402. The van der Waals surface area contributed by atoms with E-state index in [4.69, 9.17) is 10.5 Å². The molecule has 0 fully saturated rings. The molecule has 0 aliphatic carbocycles. The van der Waals surface area contributed by atoms with Gasteiger partial charge in [0.05, 0.1) is 6.10 Å². The summed E-state index contributed by atoms with van der Waals surface area (Å²) >= 11 is 0. The molecule has 0 heterocycles. The monoisotopic (exact) mass is 125 g/mol. The van der Waals surface area contributed by atoms with E-state index in [2.05, 4.69) is 0 Å². The van der Waals surface area contributed by atoms with Gasteiger partial charge in [0.2, 0.25) is 0 Å². The Hall–Kier alpha value is 0.210. The summed E-state index contributed by atoms with van der Waals surface area (Å²) in [6.45, 7) is 2.54. The van der Waals surface area contributed by atoms with Gasteiger partial charge in [-0.2, -0.15) is 0 Å². The molecule has 0 rings (SSSR count). The molecule has 46 valence electrons. The van der Waals surface area contributed by atoms with Gasteiger partial charge in [0.1, 0.15) is 0 Å². The molecule has 0 saturated carbocycles. The standard InChI is InChI=1S/C4H11NO.ClH/c1-4(3-5)6-2;/h4H,3,5H2,1-2H3;1H. The van der Waals surface area contributed by atoms with Crippen LogP contribution in [0.5, 0.6) is 0 Å². The normalized spacial score (nSPS) is 12.4. The lowest BCUT2D eigenvalue weighted by molar-refractivity contribution is 0.125. The summed E-state index contributed by atoms with van der Waals surface area (Å²) in [7, 11) is 1.65. The van der Waals surface area contributed by atoms with Crippen LogP contribution in [0.2, 0.25) is 0 Å². The average molecular weight is 126 g/mol. The summed E-state index contributed by atoms with van der Waals surface area (Å²) in [5, 5.41) is 0. The maximum Gasteiger partial charge on any atom is 0.0665 e. The molecule has 1 unspecified atom stereocenters. The zero-order valence-corrected chi connectivity index (χ0v) is 5.49. The summed E-state index contributed by atoms with van der Waals surface area (Å²) in [6, 6.07) is 0. The molecular weight excluding hydrogens is 114 g/mol. The number of ether oxygens (including phenoxy) is 1. The quantitative estimate of drug-likeness (QED) is 0.580. The topological polar surface area (TPSA) is 35.2 Å². The summed E-state index contributed by atoms with van der Waals surface area (Å²) < 4.78 is 4.77. The van der Waals surface area contributed by atoms with Crippen LogP contribution in [0.15, 0.2) is 0 Å². The van der Waals surface area contributed by atoms with Gasteiger partial charge in [0, 0.05) is 13.7 Å². The Morgan fingerprint density at radius 3 is 2.14 bits per heavy atom. The Labute approximate surface area is 50.4 Å². The van der Waals surface area contributed by atoms with E-state index in [1.165, 1.54) is 0 Å². The molecule has 3 heteroatoms. The van der Waals surface area contributed by atoms with Crippen LogP contribution in [0.1, 0.15) is 6.92 Å². The third-order valence-electron chi connectivity index (χ3n) is 0.734. The van der Waals surface area contributed by atoms with Gasteiger partial charge < -0.3 is 10.5 Å². The predicted molar refractivity (Wildman–Crippen MR) is 32.8 cm³/mol. The summed E-state index contributed by atoms with van der Waals surface area (Å²) in [5.74, 6) is 0. The highest BCUT2D eigenvalue weighted by molar-refractivity contribution is 5.85. The van der Waals surface area contributed by atoms with Gasteiger partial charge in [0.15, 0.2) is 0 Å². The minimum atomic E-state index is 0. The fourth-order valence-electron chi connectivity index (χ4n) is 0.0962. The minimum absolute atomic E-state index is 0. The second-order valence-electron chi connectivity index (χ2n) is 1.28. The number of hydrogen-bond acceptors (Lipinski definition) is 2. The Balaban J connectivity index is 0. The lowest BCUT2D eigenvalue weighted by Gasteiger charge is -2.01. The van der Waals surface area contributed by atoms with Crippen molar-refractivity contribution in [3.8, 4) is 0 Å². The van der Waals surface area contributed by atoms with E-state index in [1.54, 1.807) is 7.11 Å². The van der Waals surface area contributed by atoms with Gasteiger partial charge in [-0.1, -0.05) is 0 Å². The minimum Gasteiger partial charge on any atom is -0.380 e. The zero-order chi connectivity index (χ0) is 4.99. The van der Waals surface area contributed by atoms with Crippen molar-refractivity contribution in [3.05, 3.63) is 0 Å². The maximum absolute atomic E-state index is 5.16. The van der Waals surface area contributed by atoms with Crippen molar-refractivity contribution in [2.24, 2.45) is 5.73 Å². The summed E-state index contributed by atoms with van der Waals surface area (Å²) in [6.07, 6.45) is 0.213. The first-order valence-corrected chi connectivity index (χ1v) is 2.04. The van der Waals surface area contributed by atoms with Crippen molar-refractivity contribution in [1.29, 1.82) is 0 Å². The van der Waals surface area contributed by atoms with E-state index in [0.717, 1.165) is 0 Å². The molecule has 0 aromatic rings. The fraction of sp³-hybridized carbons (Fsp3) is 1.00. The molecule has 2 N–H and O–H groups in total. The third-order valence-corrected chi connectivity index (χ3v) is 0.734. The van der Waals surface area contributed by atoms with Crippen molar-refractivity contribution < 1.29 is 4.74 Å². The lowest BCUT2D eigenvalue weighted by atomic mass is 10.4. The van der Waals surface area contributed by atoms with Crippen LogP contribution in [0.3, 0.4) is 0 Å². The SMILES string of the molecule is COC(C)CN.Cl. The van der Waals surface area contributed by atoms with Gasteiger partial charge in [-0.3, -0.25) is 0 Å². The van der Waals surface area contributed by atoms with Crippen molar-refractivity contribution >= 4 is 12.4 Å². The highest BCUT2D eigenvalue weighted by Crippen LogP contribution is 1.78. The highest BCUT2D eigenvalue weighted by atomic mass is 35.5. The molecule has 0 aromatic heterocycles. The number of methoxy groups -OCH3 is 1. The van der Waals surface area contributed by atoms with Gasteiger partial charge in [-0.15, -0.1) is 12.4 Å². The third kappa shape index (κ3) is 6.21. The van der Waals surface area contributed by atoms with Crippen molar-refractivity contribution in [2.45, 2.75) is 13.0 Å². The van der Waals surface area contributed by atoms with Gasteiger partial charge >= 0.3 is 0 Å². The van der Waals surface area contributed by atoms with Gasteiger partial charge in [-0.25, -0.2) is 0 Å². The molecule has 0 radical (unpaired) electrons. The molecule has 7 heavy (non-hydrogen) atoms. The summed E-state index contributed by atoms with van der Waals surface area (Å²) in [4.78, 5) is 0. The molecule has 0 spiro atoms. The van der Waals surface area contributed by atoms with Gasteiger partial charge in [-0.05, 0) is 6.92 Å².